The average molecular weight is 372 g/mol. The third-order valence-electron chi connectivity index (χ3n) is 5.65. The van der Waals surface area contributed by atoms with Gasteiger partial charge in [-0.3, -0.25) is 4.90 Å². The van der Waals surface area contributed by atoms with E-state index >= 15 is 0 Å². The summed E-state index contributed by atoms with van der Waals surface area (Å²) in [6.07, 6.45) is 1.03. The molecule has 0 aliphatic carbocycles. The lowest BCUT2D eigenvalue weighted by Crippen LogP contribution is -2.37. The summed E-state index contributed by atoms with van der Waals surface area (Å²) in [5.74, 6) is 1.80. The molecule has 0 saturated heterocycles. The van der Waals surface area contributed by atoms with Crippen LogP contribution in [0.15, 0.2) is 59.1 Å². The lowest BCUT2D eigenvalue weighted by atomic mass is 9.90. The molecular formula is C23H24N4O. The molecule has 0 fully saturated rings. The molecule has 142 valence electrons. The lowest BCUT2D eigenvalue weighted by Gasteiger charge is -2.37. The third kappa shape index (κ3) is 2.92. The van der Waals surface area contributed by atoms with Crippen molar-refractivity contribution in [3.8, 4) is 11.4 Å². The molecule has 1 N–H and O–H groups in total. The van der Waals surface area contributed by atoms with E-state index in [2.05, 4.69) is 58.1 Å². The first-order valence-corrected chi connectivity index (χ1v) is 9.92. The second-order valence-corrected chi connectivity index (χ2v) is 7.85. The summed E-state index contributed by atoms with van der Waals surface area (Å²) in [4.78, 5) is 10.8. The smallest absolute Gasteiger partial charge is 0.241 e. The van der Waals surface area contributed by atoms with Crippen molar-refractivity contribution in [2.24, 2.45) is 5.92 Å². The molecule has 2 aromatic carbocycles. The Labute approximate surface area is 164 Å². The summed E-state index contributed by atoms with van der Waals surface area (Å²) in [6, 6.07) is 18.9. The summed E-state index contributed by atoms with van der Waals surface area (Å²) in [6.45, 7) is 6.21. The number of rotatable bonds is 4. The van der Waals surface area contributed by atoms with Crippen molar-refractivity contribution >= 4 is 10.9 Å². The second kappa shape index (κ2) is 6.91. The number of aromatic amines is 1. The van der Waals surface area contributed by atoms with Gasteiger partial charge in [-0.1, -0.05) is 67.5 Å². The maximum absolute atomic E-state index is 5.58. The molecule has 5 nitrogen and oxygen atoms in total. The van der Waals surface area contributed by atoms with Gasteiger partial charge in [-0.05, 0) is 24.0 Å². The lowest BCUT2D eigenvalue weighted by molar-refractivity contribution is 0.117. The molecule has 3 heterocycles. The van der Waals surface area contributed by atoms with Gasteiger partial charge < -0.3 is 9.51 Å². The van der Waals surface area contributed by atoms with Crippen LogP contribution in [-0.4, -0.2) is 26.6 Å². The minimum atomic E-state index is 0.309. The highest BCUT2D eigenvalue weighted by atomic mass is 16.5. The molecular weight excluding hydrogens is 348 g/mol. The Bertz CT molecular complexity index is 1100. The van der Waals surface area contributed by atoms with Crippen molar-refractivity contribution < 1.29 is 4.52 Å². The zero-order chi connectivity index (χ0) is 19.1. The molecule has 0 saturated carbocycles. The van der Waals surface area contributed by atoms with Crippen LogP contribution in [-0.2, 0) is 13.0 Å². The number of H-pyrrole nitrogens is 1. The monoisotopic (exact) mass is 372 g/mol. The number of hydrogen-bond donors (Lipinski definition) is 1. The maximum Gasteiger partial charge on any atom is 0.241 e. The van der Waals surface area contributed by atoms with Crippen molar-refractivity contribution in [1.29, 1.82) is 0 Å². The van der Waals surface area contributed by atoms with E-state index in [1.165, 1.54) is 22.2 Å². The minimum absolute atomic E-state index is 0.309. The van der Waals surface area contributed by atoms with E-state index in [-0.39, 0.29) is 0 Å². The first-order valence-electron chi connectivity index (χ1n) is 9.92. The highest BCUT2D eigenvalue weighted by Crippen LogP contribution is 2.39. The summed E-state index contributed by atoms with van der Waals surface area (Å²) < 4.78 is 5.58. The highest BCUT2D eigenvalue weighted by molar-refractivity contribution is 5.85. The number of nitrogens with one attached hydrogen (secondary N) is 1. The molecule has 5 heteroatoms. The van der Waals surface area contributed by atoms with Crippen LogP contribution < -0.4 is 0 Å². The van der Waals surface area contributed by atoms with Crippen LogP contribution >= 0.6 is 0 Å². The van der Waals surface area contributed by atoms with Crippen LogP contribution in [0.25, 0.3) is 22.3 Å². The van der Waals surface area contributed by atoms with Gasteiger partial charge in [-0.2, -0.15) is 4.98 Å². The van der Waals surface area contributed by atoms with Crippen molar-refractivity contribution in [3.05, 3.63) is 71.7 Å². The predicted octanol–water partition coefficient (Wildman–Crippen LogP) is 4.97. The zero-order valence-corrected chi connectivity index (χ0v) is 16.2. The molecule has 2 aromatic heterocycles. The van der Waals surface area contributed by atoms with Gasteiger partial charge in [0, 0.05) is 28.7 Å². The molecule has 0 spiro atoms. The first kappa shape index (κ1) is 17.2. The Balaban J connectivity index is 1.45. The number of benzene rings is 2. The Morgan fingerprint density at radius 1 is 1.11 bits per heavy atom. The van der Waals surface area contributed by atoms with Gasteiger partial charge in [0.2, 0.25) is 11.7 Å². The van der Waals surface area contributed by atoms with Gasteiger partial charge in [0.15, 0.2) is 0 Å². The summed E-state index contributed by atoms with van der Waals surface area (Å²) in [5, 5.41) is 5.53. The molecule has 0 bridgehead atoms. The Morgan fingerprint density at radius 3 is 2.71 bits per heavy atom. The van der Waals surface area contributed by atoms with Crippen LogP contribution in [0.2, 0.25) is 0 Å². The molecule has 0 unspecified atom stereocenters. The topological polar surface area (TPSA) is 58.0 Å². The van der Waals surface area contributed by atoms with Gasteiger partial charge in [-0.25, -0.2) is 0 Å². The molecule has 0 amide bonds. The highest BCUT2D eigenvalue weighted by Gasteiger charge is 2.33. The van der Waals surface area contributed by atoms with E-state index in [9.17, 15) is 0 Å². The van der Waals surface area contributed by atoms with Crippen LogP contribution in [0.5, 0.6) is 0 Å². The summed E-state index contributed by atoms with van der Waals surface area (Å²) in [5.41, 5.74) is 5.00. The Hall–Kier alpha value is -2.92. The number of nitrogens with zero attached hydrogens (tertiary/aromatic N) is 3. The van der Waals surface area contributed by atoms with E-state index in [1.54, 1.807) is 0 Å². The van der Waals surface area contributed by atoms with E-state index in [1.807, 2.05) is 30.3 Å². The molecule has 1 aliphatic heterocycles. The van der Waals surface area contributed by atoms with E-state index in [0.29, 0.717) is 30.2 Å². The SMILES string of the molecule is CC(C)[C@H]1c2[nH]c3ccccc3c2CCN1Cc1nc(-c2ccccc2)no1. The largest absolute Gasteiger partial charge is 0.357 e. The van der Waals surface area contributed by atoms with Crippen LogP contribution in [0.3, 0.4) is 0 Å². The van der Waals surface area contributed by atoms with E-state index in [4.69, 9.17) is 4.52 Å². The van der Waals surface area contributed by atoms with E-state index < -0.39 is 0 Å². The summed E-state index contributed by atoms with van der Waals surface area (Å²) >= 11 is 0. The number of aromatic nitrogens is 3. The van der Waals surface area contributed by atoms with Crippen LogP contribution in [0.1, 0.15) is 37.0 Å². The van der Waals surface area contributed by atoms with Crippen molar-refractivity contribution in [2.75, 3.05) is 6.54 Å². The van der Waals surface area contributed by atoms with Gasteiger partial charge in [0.05, 0.1) is 12.6 Å². The molecule has 1 aliphatic rings. The average Bonchev–Trinajstić information content (AvgIpc) is 3.32. The van der Waals surface area contributed by atoms with Crippen LogP contribution in [0, 0.1) is 5.92 Å². The zero-order valence-electron chi connectivity index (χ0n) is 16.2. The number of hydrogen-bond acceptors (Lipinski definition) is 4. The number of fused-ring (bicyclic) bond motifs is 3. The fourth-order valence-electron chi connectivity index (χ4n) is 4.45. The van der Waals surface area contributed by atoms with Crippen molar-refractivity contribution in [1.82, 2.24) is 20.0 Å². The van der Waals surface area contributed by atoms with Gasteiger partial charge in [-0.15, -0.1) is 0 Å². The Morgan fingerprint density at radius 2 is 1.89 bits per heavy atom. The first-order chi connectivity index (χ1) is 13.7. The van der Waals surface area contributed by atoms with Crippen molar-refractivity contribution in [3.63, 3.8) is 0 Å². The predicted molar refractivity (Wildman–Crippen MR) is 110 cm³/mol. The molecule has 28 heavy (non-hydrogen) atoms. The van der Waals surface area contributed by atoms with Gasteiger partial charge in [0.1, 0.15) is 0 Å². The van der Waals surface area contributed by atoms with E-state index in [0.717, 1.165) is 18.5 Å². The van der Waals surface area contributed by atoms with Crippen molar-refractivity contribution in [2.45, 2.75) is 32.9 Å². The summed E-state index contributed by atoms with van der Waals surface area (Å²) in [7, 11) is 0. The molecule has 5 rings (SSSR count). The normalized spacial score (nSPS) is 17.3. The molecule has 1 atom stereocenters. The van der Waals surface area contributed by atoms with Crippen LogP contribution in [0.4, 0.5) is 0 Å². The third-order valence-corrected chi connectivity index (χ3v) is 5.65. The number of para-hydroxylation sites is 1. The molecule has 4 aromatic rings. The van der Waals surface area contributed by atoms with Gasteiger partial charge >= 0.3 is 0 Å². The van der Waals surface area contributed by atoms with Gasteiger partial charge in [0.25, 0.3) is 0 Å². The second-order valence-electron chi connectivity index (χ2n) is 7.85. The minimum Gasteiger partial charge on any atom is -0.357 e. The standard InChI is InChI=1S/C23H24N4O/c1-15(2)22-21-18(17-10-6-7-11-19(17)24-21)12-13-27(22)14-20-25-23(26-28-20)16-8-4-3-5-9-16/h3-11,15,22,24H,12-14H2,1-2H3/t22-/m0/s1. The maximum atomic E-state index is 5.58. The Kier molecular flexibility index (Phi) is 4.24. The fourth-order valence-corrected chi connectivity index (χ4v) is 4.45. The fraction of sp³-hybridized carbons (Fsp3) is 0.304. The molecule has 0 radical (unpaired) electrons. The quantitative estimate of drug-likeness (QED) is 0.549.